The van der Waals surface area contributed by atoms with Crippen molar-refractivity contribution in [2.75, 3.05) is 26.2 Å². The number of hydrogen-bond acceptors (Lipinski definition) is 3. The number of amides is 1. The summed E-state index contributed by atoms with van der Waals surface area (Å²) in [4.78, 5) is 13.8. The van der Waals surface area contributed by atoms with Gasteiger partial charge >= 0.3 is 0 Å². The number of hydrogen-bond donors (Lipinski definition) is 2. The number of aryl methyl sites for hydroxylation is 1. The van der Waals surface area contributed by atoms with Gasteiger partial charge in [0.15, 0.2) is 0 Å². The second kappa shape index (κ2) is 9.50. The molecule has 2 N–H and O–H groups in total. The lowest BCUT2D eigenvalue weighted by molar-refractivity contribution is -0.122. The van der Waals surface area contributed by atoms with Crippen LogP contribution in [0.4, 0.5) is 0 Å². The Morgan fingerprint density at radius 3 is 2.60 bits per heavy atom. The van der Waals surface area contributed by atoms with Crippen LogP contribution in [0.25, 0.3) is 0 Å². The van der Waals surface area contributed by atoms with Crippen LogP contribution in [0.3, 0.4) is 0 Å². The fourth-order valence-electron chi connectivity index (χ4n) is 2.05. The SMILES string of the molecule is CC(C)N(CCO)CC(=O)NCCCc1ccccc1. The quantitative estimate of drug-likeness (QED) is 0.672. The van der Waals surface area contributed by atoms with Crippen molar-refractivity contribution in [1.82, 2.24) is 10.2 Å². The zero-order valence-corrected chi connectivity index (χ0v) is 12.5. The molecular weight excluding hydrogens is 252 g/mol. The van der Waals surface area contributed by atoms with E-state index in [1.165, 1.54) is 5.56 Å². The maximum absolute atomic E-state index is 11.8. The summed E-state index contributed by atoms with van der Waals surface area (Å²) in [5.74, 6) is 0.0280. The summed E-state index contributed by atoms with van der Waals surface area (Å²) >= 11 is 0. The fourth-order valence-corrected chi connectivity index (χ4v) is 2.05. The fraction of sp³-hybridized carbons (Fsp3) is 0.562. The number of aliphatic hydroxyl groups is 1. The molecule has 0 aliphatic carbocycles. The van der Waals surface area contributed by atoms with Crippen LogP contribution in [0.2, 0.25) is 0 Å². The highest BCUT2D eigenvalue weighted by atomic mass is 16.3. The predicted molar refractivity (Wildman–Crippen MR) is 81.6 cm³/mol. The number of rotatable bonds is 9. The minimum atomic E-state index is 0.0280. The van der Waals surface area contributed by atoms with Crippen molar-refractivity contribution < 1.29 is 9.90 Å². The van der Waals surface area contributed by atoms with Gasteiger partial charge < -0.3 is 10.4 Å². The first-order valence-electron chi connectivity index (χ1n) is 7.29. The molecule has 0 saturated carbocycles. The van der Waals surface area contributed by atoms with Gasteiger partial charge in [0.2, 0.25) is 5.91 Å². The van der Waals surface area contributed by atoms with Crippen LogP contribution >= 0.6 is 0 Å². The molecule has 4 nitrogen and oxygen atoms in total. The molecule has 20 heavy (non-hydrogen) atoms. The first kappa shape index (κ1) is 16.7. The minimum Gasteiger partial charge on any atom is -0.395 e. The molecule has 0 spiro atoms. The van der Waals surface area contributed by atoms with E-state index in [9.17, 15) is 4.79 Å². The first-order chi connectivity index (χ1) is 9.63. The Morgan fingerprint density at radius 1 is 1.30 bits per heavy atom. The third-order valence-corrected chi connectivity index (χ3v) is 3.27. The Morgan fingerprint density at radius 2 is 2.00 bits per heavy atom. The summed E-state index contributed by atoms with van der Waals surface area (Å²) in [6, 6.07) is 10.5. The summed E-state index contributed by atoms with van der Waals surface area (Å²) in [6.45, 7) is 5.72. The second-order valence-corrected chi connectivity index (χ2v) is 5.23. The van der Waals surface area contributed by atoms with Crippen molar-refractivity contribution >= 4 is 5.91 Å². The molecule has 1 rings (SSSR count). The smallest absolute Gasteiger partial charge is 0.234 e. The van der Waals surface area contributed by atoms with Gasteiger partial charge in [-0.25, -0.2) is 0 Å². The average molecular weight is 278 g/mol. The molecule has 1 amide bonds. The van der Waals surface area contributed by atoms with E-state index in [0.717, 1.165) is 12.8 Å². The molecule has 0 atom stereocenters. The van der Waals surface area contributed by atoms with E-state index >= 15 is 0 Å². The van der Waals surface area contributed by atoms with E-state index in [4.69, 9.17) is 5.11 Å². The monoisotopic (exact) mass is 278 g/mol. The summed E-state index contributed by atoms with van der Waals surface area (Å²) in [5, 5.41) is 11.9. The molecule has 4 heteroatoms. The first-order valence-corrected chi connectivity index (χ1v) is 7.29. The maximum Gasteiger partial charge on any atom is 0.234 e. The van der Waals surface area contributed by atoms with Crippen LogP contribution in [0.1, 0.15) is 25.8 Å². The van der Waals surface area contributed by atoms with Gasteiger partial charge in [-0.15, -0.1) is 0 Å². The molecule has 0 unspecified atom stereocenters. The van der Waals surface area contributed by atoms with Crippen LogP contribution in [0, 0.1) is 0 Å². The number of nitrogens with zero attached hydrogens (tertiary/aromatic N) is 1. The molecular formula is C16H26N2O2. The van der Waals surface area contributed by atoms with Crippen LogP contribution in [0.5, 0.6) is 0 Å². The topological polar surface area (TPSA) is 52.6 Å². The van der Waals surface area contributed by atoms with E-state index in [2.05, 4.69) is 17.4 Å². The number of carbonyl (C=O) groups excluding carboxylic acids is 1. The highest BCUT2D eigenvalue weighted by molar-refractivity contribution is 5.78. The van der Waals surface area contributed by atoms with E-state index in [0.29, 0.717) is 19.6 Å². The van der Waals surface area contributed by atoms with Gasteiger partial charge in [-0.2, -0.15) is 0 Å². The van der Waals surface area contributed by atoms with E-state index in [1.807, 2.05) is 36.9 Å². The standard InChI is InChI=1S/C16H26N2O2/c1-14(2)18(11-12-19)13-16(20)17-10-6-9-15-7-4-3-5-8-15/h3-5,7-8,14,19H,6,9-13H2,1-2H3,(H,17,20). The molecule has 0 aliphatic rings. The summed E-state index contributed by atoms with van der Waals surface area (Å²) in [7, 11) is 0. The summed E-state index contributed by atoms with van der Waals surface area (Å²) in [6.07, 6.45) is 1.92. The maximum atomic E-state index is 11.8. The third-order valence-electron chi connectivity index (χ3n) is 3.27. The van der Waals surface area contributed by atoms with E-state index in [-0.39, 0.29) is 18.6 Å². The minimum absolute atomic E-state index is 0.0280. The highest BCUT2D eigenvalue weighted by Gasteiger charge is 2.12. The summed E-state index contributed by atoms with van der Waals surface area (Å²) < 4.78 is 0. The molecule has 0 aliphatic heterocycles. The van der Waals surface area contributed by atoms with Crippen LogP contribution in [0.15, 0.2) is 30.3 Å². The molecule has 0 aromatic heterocycles. The zero-order chi connectivity index (χ0) is 14.8. The molecule has 0 radical (unpaired) electrons. The van der Waals surface area contributed by atoms with Gasteiger partial charge in [-0.3, -0.25) is 9.69 Å². The number of carbonyl (C=O) groups is 1. The largest absolute Gasteiger partial charge is 0.395 e. The second-order valence-electron chi connectivity index (χ2n) is 5.23. The Hall–Kier alpha value is -1.39. The Kier molecular flexibility index (Phi) is 7.92. The molecule has 0 fully saturated rings. The number of nitrogens with one attached hydrogen (secondary N) is 1. The lowest BCUT2D eigenvalue weighted by atomic mass is 10.1. The molecule has 0 saturated heterocycles. The van der Waals surface area contributed by atoms with Gasteiger partial charge in [0, 0.05) is 19.1 Å². The Balaban J connectivity index is 2.19. The molecule has 112 valence electrons. The average Bonchev–Trinajstić information content (AvgIpc) is 2.44. The van der Waals surface area contributed by atoms with Crippen molar-refractivity contribution in [2.24, 2.45) is 0 Å². The van der Waals surface area contributed by atoms with Gasteiger partial charge in [0.05, 0.1) is 13.2 Å². The van der Waals surface area contributed by atoms with Crippen molar-refractivity contribution in [3.05, 3.63) is 35.9 Å². The number of aliphatic hydroxyl groups excluding tert-OH is 1. The van der Waals surface area contributed by atoms with Crippen molar-refractivity contribution in [3.8, 4) is 0 Å². The van der Waals surface area contributed by atoms with Crippen LogP contribution in [-0.4, -0.2) is 48.2 Å². The molecule has 1 aromatic rings. The molecule has 0 bridgehead atoms. The molecule has 1 aromatic carbocycles. The summed E-state index contributed by atoms with van der Waals surface area (Å²) in [5.41, 5.74) is 1.30. The normalized spacial score (nSPS) is 11.1. The van der Waals surface area contributed by atoms with Crippen molar-refractivity contribution in [2.45, 2.75) is 32.7 Å². The van der Waals surface area contributed by atoms with Gasteiger partial charge in [0.25, 0.3) is 0 Å². The predicted octanol–water partition coefficient (Wildman–Crippen LogP) is 1.44. The van der Waals surface area contributed by atoms with Crippen LogP contribution in [-0.2, 0) is 11.2 Å². The van der Waals surface area contributed by atoms with Crippen molar-refractivity contribution in [3.63, 3.8) is 0 Å². The lowest BCUT2D eigenvalue weighted by Gasteiger charge is -2.24. The van der Waals surface area contributed by atoms with E-state index in [1.54, 1.807) is 0 Å². The Labute approximate surface area is 121 Å². The van der Waals surface area contributed by atoms with Crippen molar-refractivity contribution in [1.29, 1.82) is 0 Å². The van der Waals surface area contributed by atoms with Gasteiger partial charge in [-0.1, -0.05) is 30.3 Å². The van der Waals surface area contributed by atoms with Crippen LogP contribution < -0.4 is 5.32 Å². The lowest BCUT2D eigenvalue weighted by Crippen LogP contribution is -2.42. The number of benzene rings is 1. The highest BCUT2D eigenvalue weighted by Crippen LogP contribution is 2.01. The van der Waals surface area contributed by atoms with Gasteiger partial charge in [0.1, 0.15) is 0 Å². The van der Waals surface area contributed by atoms with Gasteiger partial charge in [-0.05, 0) is 32.3 Å². The van der Waals surface area contributed by atoms with E-state index < -0.39 is 0 Å². The Bertz CT molecular complexity index is 379. The molecule has 0 heterocycles. The third kappa shape index (κ3) is 6.68. The zero-order valence-electron chi connectivity index (χ0n) is 12.5.